The van der Waals surface area contributed by atoms with E-state index in [9.17, 15) is 10.2 Å². The summed E-state index contributed by atoms with van der Waals surface area (Å²) in [4.78, 5) is 2.30. The summed E-state index contributed by atoms with van der Waals surface area (Å²) in [6.45, 7) is 2.19. The molecule has 0 amide bonds. The van der Waals surface area contributed by atoms with Crippen LogP contribution in [-0.4, -0.2) is 35.3 Å². The van der Waals surface area contributed by atoms with Gasteiger partial charge in [-0.3, -0.25) is 0 Å². The average Bonchev–Trinajstić information content (AvgIpc) is 2.22. The minimum absolute atomic E-state index is 0.0132. The van der Waals surface area contributed by atoms with Crippen LogP contribution < -0.4 is 0 Å². The van der Waals surface area contributed by atoms with E-state index in [1.165, 1.54) is 6.42 Å². The number of phenolic OH excluding ortho intramolecular Hbond substituents is 2. The second kappa shape index (κ2) is 4.11. The van der Waals surface area contributed by atoms with Crippen LogP contribution in [0.4, 0.5) is 0 Å². The first-order chi connectivity index (χ1) is 7.16. The molecule has 1 atom stereocenters. The van der Waals surface area contributed by atoms with E-state index in [0.717, 1.165) is 25.1 Å². The van der Waals surface area contributed by atoms with Gasteiger partial charge in [0.1, 0.15) is 0 Å². The Morgan fingerprint density at radius 2 is 2.07 bits per heavy atom. The van der Waals surface area contributed by atoms with Crippen LogP contribution in [0.15, 0.2) is 18.2 Å². The Kier molecular flexibility index (Phi) is 2.82. The van der Waals surface area contributed by atoms with E-state index < -0.39 is 0 Å². The van der Waals surface area contributed by atoms with Crippen molar-refractivity contribution in [2.75, 3.05) is 20.1 Å². The van der Waals surface area contributed by atoms with Crippen LogP contribution in [0.2, 0.25) is 0 Å². The molecule has 0 aliphatic carbocycles. The normalized spacial score (nSPS) is 22.9. The molecule has 0 bridgehead atoms. The summed E-state index contributed by atoms with van der Waals surface area (Å²) < 4.78 is 0. The lowest BCUT2D eigenvalue weighted by Crippen LogP contribution is -2.30. The zero-order valence-electron chi connectivity index (χ0n) is 8.98. The van der Waals surface area contributed by atoms with Gasteiger partial charge >= 0.3 is 0 Å². The predicted molar refractivity (Wildman–Crippen MR) is 59.2 cm³/mol. The van der Waals surface area contributed by atoms with E-state index in [1.54, 1.807) is 12.1 Å². The van der Waals surface area contributed by atoms with Gasteiger partial charge in [-0.2, -0.15) is 0 Å². The van der Waals surface area contributed by atoms with Crippen LogP contribution in [-0.2, 0) is 0 Å². The number of rotatable bonds is 1. The number of hydrogen-bond donors (Lipinski definition) is 2. The number of hydrogen-bond acceptors (Lipinski definition) is 3. The Morgan fingerprint density at radius 1 is 1.27 bits per heavy atom. The summed E-state index contributed by atoms with van der Waals surface area (Å²) in [6.07, 6.45) is 2.36. The summed E-state index contributed by atoms with van der Waals surface area (Å²) in [5.41, 5.74) is 1.12. The van der Waals surface area contributed by atoms with Gasteiger partial charge in [-0.05, 0) is 50.0 Å². The molecular formula is C12H17NO2. The van der Waals surface area contributed by atoms with Crippen molar-refractivity contribution in [3.63, 3.8) is 0 Å². The van der Waals surface area contributed by atoms with Crippen LogP contribution in [0.25, 0.3) is 0 Å². The molecule has 1 unspecified atom stereocenters. The average molecular weight is 207 g/mol. The molecule has 15 heavy (non-hydrogen) atoms. The molecule has 1 fully saturated rings. The van der Waals surface area contributed by atoms with Crippen LogP contribution in [0.3, 0.4) is 0 Å². The number of piperidine rings is 1. The number of likely N-dealkylation sites (tertiary alicyclic amines) is 1. The highest BCUT2D eigenvalue weighted by Crippen LogP contribution is 2.32. The standard InChI is InChI=1S/C12H17NO2/c1-13-6-2-3-10(8-13)9-4-5-11(14)12(15)7-9/h4-5,7,10,14-15H,2-3,6,8H2,1H3. The zero-order chi connectivity index (χ0) is 10.8. The van der Waals surface area contributed by atoms with Gasteiger partial charge in [0.15, 0.2) is 11.5 Å². The highest BCUT2D eigenvalue weighted by atomic mass is 16.3. The van der Waals surface area contributed by atoms with Crippen molar-refractivity contribution in [3.8, 4) is 11.5 Å². The Balaban J connectivity index is 2.18. The van der Waals surface area contributed by atoms with Crippen LogP contribution in [0, 0.1) is 0 Å². The topological polar surface area (TPSA) is 43.7 Å². The van der Waals surface area contributed by atoms with E-state index in [-0.39, 0.29) is 11.5 Å². The number of benzene rings is 1. The van der Waals surface area contributed by atoms with E-state index in [2.05, 4.69) is 11.9 Å². The maximum Gasteiger partial charge on any atom is 0.157 e. The Morgan fingerprint density at radius 3 is 2.73 bits per heavy atom. The van der Waals surface area contributed by atoms with E-state index >= 15 is 0 Å². The Hall–Kier alpha value is -1.22. The van der Waals surface area contributed by atoms with E-state index in [1.807, 2.05) is 6.07 Å². The fourth-order valence-corrected chi connectivity index (χ4v) is 2.23. The van der Waals surface area contributed by atoms with Gasteiger partial charge in [-0.1, -0.05) is 6.07 Å². The first kappa shape index (κ1) is 10.3. The maximum absolute atomic E-state index is 9.43. The predicted octanol–water partition coefficient (Wildman–Crippen LogP) is 1.91. The monoisotopic (exact) mass is 207 g/mol. The molecule has 2 N–H and O–H groups in total. The molecule has 0 radical (unpaired) electrons. The molecule has 0 spiro atoms. The van der Waals surface area contributed by atoms with Gasteiger partial charge in [0.2, 0.25) is 0 Å². The van der Waals surface area contributed by atoms with Crippen molar-refractivity contribution in [2.45, 2.75) is 18.8 Å². The molecule has 82 valence electrons. The Bertz CT molecular complexity index is 351. The van der Waals surface area contributed by atoms with Gasteiger partial charge in [0.25, 0.3) is 0 Å². The summed E-state index contributed by atoms with van der Waals surface area (Å²) >= 11 is 0. The molecule has 0 saturated carbocycles. The van der Waals surface area contributed by atoms with Crippen molar-refractivity contribution in [1.82, 2.24) is 4.90 Å². The Labute approximate surface area is 90.0 Å². The fraction of sp³-hybridized carbons (Fsp3) is 0.500. The smallest absolute Gasteiger partial charge is 0.157 e. The molecule has 3 nitrogen and oxygen atoms in total. The molecule has 0 aromatic heterocycles. The van der Waals surface area contributed by atoms with Crippen molar-refractivity contribution >= 4 is 0 Å². The molecular weight excluding hydrogens is 190 g/mol. The number of aromatic hydroxyl groups is 2. The van der Waals surface area contributed by atoms with Crippen molar-refractivity contribution < 1.29 is 10.2 Å². The third kappa shape index (κ3) is 2.23. The van der Waals surface area contributed by atoms with Crippen LogP contribution in [0.1, 0.15) is 24.3 Å². The number of nitrogens with zero attached hydrogens (tertiary/aromatic N) is 1. The lowest BCUT2D eigenvalue weighted by atomic mass is 9.91. The second-order valence-corrected chi connectivity index (χ2v) is 4.35. The largest absolute Gasteiger partial charge is 0.504 e. The van der Waals surface area contributed by atoms with E-state index in [0.29, 0.717) is 5.92 Å². The first-order valence-electron chi connectivity index (χ1n) is 5.37. The number of likely N-dealkylation sites (N-methyl/N-ethyl adjacent to an activating group) is 1. The van der Waals surface area contributed by atoms with Gasteiger partial charge in [0.05, 0.1) is 0 Å². The van der Waals surface area contributed by atoms with E-state index in [4.69, 9.17) is 0 Å². The molecule has 2 rings (SSSR count). The summed E-state index contributed by atoms with van der Waals surface area (Å²) in [7, 11) is 2.12. The first-order valence-corrected chi connectivity index (χ1v) is 5.37. The third-order valence-corrected chi connectivity index (χ3v) is 3.10. The highest BCUT2D eigenvalue weighted by molar-refractivity contribution is 5.41. The second-order valence-electron chi connectivity index (χ2n) is 4.35. The van der Waals surface area contributed by atoms with Crippen LogP contribution >= 0.6 is 0 Å². The summed E-state index contributed by atoms with van der Waals surface area (Å²) in [6, 6.07) is 5.15. The quantitative estimate of drug-likeness (QED) is 0.691. The minimum Gasteiger partial charge on any atom is -0.504 e. The van der Waals surface area contributed by atoms with Crippen molar-refractivity contribution in [2.24, 2.45) is 0 Å². The number of phenols is 2. The fourth-order valence-electron chi connectivity index (χ4n) is 2.23. The minimum atomic E-state index is -0.0390. The highest BCUT2D eigenvalue weighted by Gasteiger charge is 2.19. The third-order valence-electron chi connectivity index (χ3n) is 3.10. The molecule has 1 aromatic rings. The molecule has 1 saturated heterocycles. The molecule has 1 aliphatic heterocycles. The van der Waals surface area contributed by atoms with Crippen molar-refractivity contribution in [3.05, 3.63) is 23.8 Å². The van der Waals surface area contributed by atoms with Crippen LogP contribution in [0.5, 0.6) is 11.5 Å². The zero-order valence-corrected chi connectivity index (χ0v) is 8.98. The lowest BCUT2D eigenvalue weighted by molar-refractivity contribution is 0.250. The summed E-state index contributed by atoms with van der Waals surface area (Å²) in [5.74, 6) is 0.430. The van der Waals surface area contributed by atoms with Gasteiger partial charge in [-0.15, -0.1) is 0 Å². The molecule has 1 aromatic carbocycles. The van der Waals surface area contributed by atoms with Crippen molar-refractivity contribution in [1.29, 1.82) is 0 Å². The summed E-state index contributed by atoms with van der Waals surface area (Å²) in [5, 5.41) is 18.7. The molecule has 3 heteroatoms. The van der Waals surface area contributed by atoms with Gasteiger partial charge in [0, 0.05) is 6.54 Å². The maximum atomic E-state index is 9.43. The van der Waals surface area contributed by atoms with Gasteiger partial charge in [-0.25, -0.2) is 0 Å². The molecule has 1 heterocycles. The molecule has 1 aliphatic rings. The lowest BCUT2D eigenvalue weighted by Gasteiger charge is -2.30. The van der Waals surface area contributed by atoms with Gasteiger partial charge < -0.3 is 15.1 Å². The SMILES string of the molecule is CN1CCCC(c2ccc(O)c(O)c2)C1.